The van der Waals surface area contributed by atoms with Crippen molar-refractivity contribution in [3.05, 3.63) is 94.9 Å². The van der Waals surface area contributed by atoms with E-state index in [9.17, 15) is 14.7 Å². The van der Waals surface area contributed by atoms with E-state index < -0.39 is 17.7 Å². The van der Waals surface area contributed by atoms with Crippen LogP contribution in [0.4, 0.5) is 5.13 Å². The van der Waals surface area contributed by atoms with Crippen molar-refractivity contribution in [2.24, 2.45) is 0 Å². The van der Waals surface area contributed by atoms with Gasteiger partial charge in [-0.25, -0.2) is 9.97 Å². The van der Waals surface area contributed by atoms with E-state index in [2.05, 4.69) is 4.98 Å². The highest BCUT2D eigenvalue weighted by Crippen LogP contribution is 2.45. The number of aliphatic hydroxyl groups is 1. The molecule has 9 heteroatoms. The van der Waals surface area contributed by atoms with Crippen LogP contribution in [0, 0.1) is 13.8 Å². The first-order valence-electron chi connectivity index (χ1n) is 12.2. The van der Waals surface area contributed by atoms with Gasteiger partial charge < -0.3 is 9.84 Å². The van der Waals surface area contributed by atoms with Crippen LogP contribution in [0.5, 0.6) is 5.75 Å². The van der Waals surface area contributed by atoms with Crippen LogP contribution in [0.15, 0.2) is 72.4 Å². The van der Waals surface area contributed by atoms with Gasteiger partial charge in [0.15, 0.2) is 10.9 Å². The predicted molar refractivity (Wildman–Crippen MR) is 147 cm³/mol. The monoisotopic (exact) mass is 524 g/mol. The number of aromatic nitrogens is 3. The standard InChI is InChI=1S/C29H24N4O4S/c1-4-37-19-12-13-20-21(15-19)38-29(31-20)33-25(18-10-8-16(2)9-11-18)23(27(35)28(33)36)26(34)24-17(3)30-22-7-5-6-14-32(22)24/h5-15,25,34H,4H2,1-3H3. The summed E-state index contributed by atoms with van der Waals surface area (Å²) in [4.78, 5) is 37.8. The zero-order valence-electron chi connectivity index (χ0n) is 21.0. The number of carbonyl (C=O) groups excluding carboxylic acids is 2. The zero-order valence-corrected chi connectivity index (χ0v) is 21.8. The molecular weight excluding hydrogens is 500 g/mol. The number of imidazole rings is 1. The molecule has 0 spiro atoms. The summed E-state index contributed by atoms with van der Waals surface area (Å²) in [5, 5.41) is 12.0. The van der Waals surface area contributed by atoms with Gasteiger partial charge in [0, 0.05) is 6.20 Å². The van der Waals surface area contributed by atoms with Gasteiger partial charge in [0.2, 0.25) is 0 Å². The Morgan fingerprint density at radius 2 is 1.84 bits per heavy atom. The number of thiazole rings is 1. The van der Waals surface area contributed by atoms with Gasteiger partial charge in [-0.05, 0) is 56.7 Å². The van der Waals surface area contributed by atoms with Crippen molar-refractivity contribution in [2.75, 3.05) is 11.5 Å². The lowest BCUT2D eigenvalue weighted by Gasteiger charge is -2.23. The van der Waals surface area contributed by atoms with E-state index in [0.29, 0.717) is 45.6 Å². The van der Waals surface area contributed by atoms with Crippen molar-refractivity contribution in [1.29, 1.82) is 0 Å². The fourth-order valence-corrected chi connectivity index (χ4v) is 5.89. The van der Waals surface area contributed by atoms with E-state index in [1.807, 2.05) is 74.5 Å². The van der Waals surface area contributed by atoms with Gasteiger partial charge in [0.1, 0.15) is 17.1 Å². The second-order valence-corrected chi connectivity index (χ2v) is 10.1. The third kappa shape index (κ3) is 3.74. The molecular formula is C29H24N4O4S. The van der Waals surface area contributed by atoms with Crippen LogP contribution < -0.4 is 9.64 Å². The number of hydrogen-bond donors (Lipinski definition) is 1. The number of nitrogens with zero attached hydrogens (tertiary/aromatic N) is 4. The van der Waals surface area contributed by atoms with Gasteiger partial charge in [0.25, 0.3) is 5.78 Å². The Balaban J connectivity index is 1.57. The number of aliphatic hydroxyl groups excluding tert-OH is 1. The van der Waals surface area contributed by atoms with Crippen LogP contribution in [0.1, 0.15) is 35.5 Å². The van der Waals surface area contributed by atoms with Crippen molar-refractivity contribution < 1.29 is 19.4 Å². The highest BCUT2D eigenvalue weighted by molar-refractivity contribution is 7.22. The fourth-order valence-electron chi connectivity index (χ4n) is 4.87. The molecule has 6 rings (SSSR count). The highest BCUT2D eigenvalue weighted by atomic mass is 32.1. The lowest BCUT2D eigenvalue weighted by molar-refractivity contribution is -0.132. The molecule has 190 valence electrons. The van der Waals surface area contributed by atoms with Crippen LogP contribution in [0.2, 0.25) is 0 Å². The van der Waals surface area contributed by atoms with Crippen molar-refractivity contribution in [3.63, 3.8) is 0 Å². The number of aryl methyl sites for hydroxylation is 2. The molecule has 3 aromatic heterocycles. The van der Waals surface area contributed by atoms with E-state index >= 15 is 0 Å². The second-order valence-electron chi connectivity index (χ2n) is 9.11. The summed E-state index contributed by atoms with van der Waals surface area (Å²) in [5.74, 6) is -1.08. The molecule has 5 aromatic rings. The number of pyridine rings is 1. The molecule has 1 aliphatic rings. The van der Waals surface area contributed by atoms with Gasteiger partial charge in [-0.3, -0.25) is 18.9 Å². The van der Waals surface area contributed by atoms with Crippen LogP contribution in [-0.4, -0.2) is 37.8 Å². The van der Waals surface area contributed by atoms with Crippen LogP contribution >= 0.6 is 11.3 Å². The topological polar surface area (TPSA) is 97.0 Å². The third-order valence-electron chi connectivity index (χ3n) is 6.63. The zero-order chi connectivity index (χ0) is 26.6. The number of ketones is 1. The molecule has 8 nitrogen and oxygen atoms in total. The first-order valence-corrected chi connectivity index (χ1v) is 13.0. The summed E-state index contributed by atoms with van der Waals surface area (Å²) in [6, 6.07) is 17.7. The maximum Gasteiger partial charge on any atom is 0.301 e. The minimum atomic E-state index is -0.865. The second kappa shape index (κ2) is 9.11. The Kier molecular flexibility index (Phi) is 5.72. The van der Waals surface area contributed by atoms with Crippen LogP contribution in [-0.2, 0) is 9.59 Å². The number of Topliss-reactive ketones (excluding diaryl/α,β-unsaturated/α-hetero) is 1. The highest BCUT2D eigenvalue weighted by Gasteiger charge is 2.48. The van der Waals surface area contributed by atoms with E-state index in [4.69, 9.17) is 9.72 Å². The van der Waals surface area contributed by atoms with E-state index in [-0.39, 0.29) is 11.3 Å². The Hall–Kier alpha value is -4.50. The molecule has 38 heavy (non-hydrogen) atoms. The SMILES string of the molecule is CCOc1ccc2nc(N3C(=O)C(=O)C(=C(O)c4c(C)nc5ccccn45)C3c3ccc(C)cc3)sc2c1. The summed E-state index contributed by atoms with van der Waals surface area (Å²) < 4.78 is 8.17. The molecule has 4 heterocycles. The predicted octanol–water partition coefficient (Wildman–Crippen LogP) is 5.59. The Bertz CT molecular complexity index is 1770. The number of amides is 1. The molecule has 1 fully saturated rings. The normalized spacial score (nSPS) is 17.1. The molecule has 0 bridgehead atoms. The van der Waals surface area contributed by atoms with E-state index in [0.717, 1.165) is 10.3 Å². The number of fused-ring (bicyclic) bond motifs is 2. The average Bonchev–Trinajstić information content (AvgIpc) is 3.55. The van der Waals surface area contributed by atoms with Crippen LogP contribution in [0.3, 0.4) is 0 Å². The number of carbonyl (C=O) groups is 2. The van der Waals surface area contributed by atoms with Gasteiger partial charge in [-0.15, -0.1) is 0 Å². The first kappa shape index (κ1) is 23.9. The van der Waals surface area contributed by atoms with Gasteiger partial charge in [-0.1, -0.05) is 47.2 Å². The fraction of sp³-hybridized carbons (Fsp3) is 0.172. The minimum Gasteiger partial charge on any atom is -0.505 e. The molecule has 1 amide bonds. The summed E-state index contributed by atoms with van der Waals surface area (Å²) in [6.45, 7) is 6.17. The summed E-state index contributed by atoms with van der Waals surface area (Å²) in [6.07, 6.45) is 1.77. The van der Waals surface area contributed by atoms with Crippen LogP contribution in [0.25, 0.3) is 21.6 Å². The Labute approximate surface area is 222 Å². The summed E-state index contributed by atoms with van der Waals surface area (Å²) in [7, 11) is 0. The number of ether oxygens (including phenoxy) is 1. The maximum absolute atomic E-state index is 13.6. The number of benzene rings is 2. The molecule has 0 aliphatic carbocycles. The molecule has 1 unspecified atom stereocenters. The smallest absolute Gasteiger partial charge is 0.301 e. The molecule has 0 saturated carbocycles. The molecule has 1 N–H and O–H groups in total. The van der Waals surface area contributed by atoms with E-state index in [1.165, 1.54) is 16.2 Å². The number of anilines is 1. The minimum absolute atomic E-state index is 0.00173. The largest absolute Gasteiger partial charge is 0.505 e. The molecule has 1 aliphatic heterocycles. The molecule has 0 radical (unpaired) electrons. The van der Waals surface area contributed by atoms with Crippen molar-refractivity contribution in [3.8, 4) is 5.75 Å². The number of hydrogen-bond acceptors (Lipinski definition) is 7. The quantitative estimate of drug-likeness (QED) is 0.183. The lowest BCUT2D eigenvalue weighted by atomic mass is 9.96. The van der Waals surface area contributed by atoms with Gasteiger partial charge in [-0.2, -0.15) is 0 Å². The van der Waals surface area contributed by atoms with Crippen molar-refractivity contribution >= 4 is 49.8 Å². The van der Waals surface area contributed by atoms with Crippen molar-refractivity contribution in [2.45, 2.75) is 26.8 Å². The molecule has 2 aromatic carbocycles. The average molecular weight is 525 g/mol. The summed E-state index contributed by atoms with van der Waals surface area (Å²) in [5.41, 5.74) is 3.97. The Morgan fingerprint density at radius 1 is 1.05 bits per heavy atom. The number of rotatable bonds is 5. The Morgan fingerprint density at radius 3 is 2.61 bits per heavy atom. The van der Waals surface area contributed by atoms with Gasteiger partial charge in [0.05, 0.1) is 34.1 Å². The lowest BCUT2D eigenvalue weighted by Crippen LogP contribution is -2.29. The summed E-state index contributed by atoms with van der Waals surface area (Å²) >= 11 is 1.30. The maximum atomic E-state index is 13.6. The molecule has 1 saturated heterocycles. The van der Waals surface area contributed by atoms with E-state index in [1.54, 1.807) is 17.5 Å². The third-order valence-corrected chi connectivity index (χ3v) is 7.65. The van der Waals surface area contributed by atoms with Crippen molar-refractivity contribution in [1.82, 2.24) is 14.4 Å². The van der Waals surface area contributed by atoms with Gasteiger partial charge >= 0.3 is 5.91 Å². The first-order chi connectivity index (χ1) is 18.4. The molecule has 1 atom stereocenters.